The van der Waals surface area contributed by atoms with Crippen LogP contribution in [0.3, 0.4) is 0 Å². The van der Waals surface area contributed by atoms with Crippen LogP contribution < -0.4 is 11.0 Å². The molecule has 1 fully saturated rings. The van der Waals surface area contributed by atoms with Crippen LogP contribution in [0.2, 0.25) is 0 Å². The molecule has 1 atom stereocenters. The number of rotatable bonds is 4. The van der Waals surface area contributed by atoms with Gasteiger partial charge in [0.25, 0.3) is 5.91 Å². The Morgan fingerprint density at radius 3 is 2.85 bits per heavy atom. The SMILES string of the molecule is O=C(N[C@H](c1cccs1)C1CC(O)C1)c1c[nH]c(=O)[nH]1. The molecule has 3 rings (SSSR count). The van der Waals surface area contributed by atoms with Crippen LogP contribution in [-0.4, -0.2) is 27.1 Å². The van der Waals surface area contributed by atoms with Crippen LogP contribution >= 0.6 is 11.3 Å². The summed E-state index contributed by atoms with van der Waals surface area (Å²) in [6.07, 6.45) is 2.46. The largest absolute Gasteiger partial charge is 0.393 e. The molecule has 0 unspecified atom stereocenters. The Morgan fingerprint density at radius 1 is 1.50 bits per heavy atom. The Morgan fingerprint density at radius 2 is 2.30 bits per heavy atom. The van der Waals surface area contributed by atoms with E-state index in [1.807, 2.05) is 17.5 Å². The minimum absolute atomic E-state index is 0.121. The van der Waals surface area contributed by atoms with Crippen molar-refractivity contribution in [1.82, 2.24) is 15.3 Å². The first-order chi connectivity index (χ1) is 9.63. The number of nitrogens with one attached hydrogen (secondary N) is 3. The first-order valence-electron chi connectivity index (χ1n) is 6.43. The summed E-state index contributed by atoms with van der Waals surface area (Å²) in [5.74, 6) is -0.0820. The number of thiophene rings is 1. The summed E-state index contributed by atoms with van der Waals surface area (Å²) in [5, 5.41) is 14.4. The summed E-state index contributed by atoms with van der Waals surface area (Å²) in [6, 6.07) is 3.79. The Balaban J connectivity index is 1.76. The molecule has 1 amide bonds. The number of amides is 1. The number of carbonyl (C=O) groups is 1. The van der Waals surface area contributed by atoms with E-state index in [1.54, 1.807) is 11.3 Å². The zero-order valence-electron chi connectivity index (χ0n) is 10.6. The molecule has 2 heterocycles. The van der Waals surface area contributed by atoms with Crippen molar-refractivity contribution in [2.24, 2.45) is 5.92 Å². The topological polar surface area (TPSA) is 98.0 Å². The second-order valence-corrected chi connectivity index (χ2v) is 5.99. The fourth-order valence-corrected chi connectivity index (χ4v) is 3.33. The van der Waals surface area contributed by atoms with E-state index in [9.17, 15) is 14.7 Å². The standard InChI is InChI=1S/C13H15N3O3S/c17-8-4-7(5-8)11(10-2-1-3-20-10)16-12(18)9-6-14-13(19)15-9/h1-3,6-8,11,17H,4-5H2,(H,16,18)(H2,14,15,19)/t7?,8?,11-/m0/s1. The number of imidazole rings is 1. The maximum atomic E-state index is 12.1. The van der Waals surface area contributed by atoms with Crippen molar-refractivity contribution in [2.45, 2.75) is 25.0 Å². The molecule has 7 heteroatoms. The smallest absolute Gasteiger partial charge is 0.323 e. The van der Waals surface area contributed by atoms with Gasteiger partial charge in [0.05, 0.1) is 12.1 Å². The van der Waals surface area contributed by atoms with Crippen molar-refractivity contribution < 1.29 is 9.90 Å². The van der Waals surface area contributed by atoms with Crippen LogP contribution in [0.1, 0.15) is 34.2 Å². The second-order valence-electron chi connectivity index (χ2n) is 5.01. The lowest BCUT2D eigenvalue weighted by Gasteiger charge is -2.37. The van der Waals surface area contributed by atoms with Gasteiger partial charge in [-0.1, -0.05) is 6.07 Å². The minimum Gasteiger partial charge on any atom is -0.393 e. The molecule has 2 aromatic rings. The fourth-order valence-electron chi connectivity index (χ4n) is 2.47. The van der Waals surface area contributed by atoms with Gasteiger partial charge in [-0.15, -0.1) is 11.3 Å². The Labute approximate surface area is 118 Å². The average Bonchev–Trinajstić information content (AvgIpc) is 3.03. The second kappa shape index (κ2) is 5.26. The third-order valence-electron chi connectivity index (χ3n) is 3.60. The summed E-state index contributed by atoms with van der Waals surface area (Å²) in [7, 11) is 0. The molecule has 0 bridgehead atoms. The van der Waals surface area contributed by atoms with Crippen LogP contribution in [0.4, 0.5) is 0 Å². The minimum atomic E-state index is -0.401. The highest BCUT2D eigenvalue weighted by Crippen LogP contribution is 2.39. The summed E-state index contributed by atoms with van der Waals surface area (Å²) in [5.41, 5.74) is -0.182. The van der Waals surface area contributed by atoms with Gasteiger partial charge in [-0.05, 0) is 30.2 Å². The maximum Gasteiger partial charge on any atom is 0.323 e. The zero-order chi connectivity index (χ0) is 14.1. The van der Waals surface area contributed by atoms with Crippen LogP contribution in [0.5, 0.6) is 0 Å². The molecule has 4 N–H and O–H groups in total. The highest BCUT2D eigenvalue weighted by Gasteiger charge is 2.36. The molecule has 106 valence electrons. The van der Waals surface area contributed by atoms with Crippen molar-refractivity contribution in [2.75, 3.05) is 0 Å². The summed E-state index contributed by atoms with van der Waals surface area (Å²) in [6.45, 7) is 0. The number of aromatic nitrogens is 2. The van der Waals surface area contributed by atoms with E-state index >= 15 is 0 Å². The number of aliphatic hydroxyl groups excluding tert-OH is 1. The number of H-pyrrole nitrogens is 2. The number of carbonyl (C=O) groups excluding carboxylic acids is 1. The fraction of sp³-hybridized carbons (Fsp3) is 0.385. The van der Waals surface area contributed by atoms with Crippen LogP contribution in [0, 0.1) is 5.92 Å². The first-order valence-corrected chi connectivity index (χ1v) is 7.31. The Hall–Kier alpha value is -1.86. The first kappa shape index (κ1) is 13.1. The van der Waals surface area contributed by atoms with Gasteiger partial charge in [0, 0.05) is 11.1 Å². The van der Waals surface area contributed by atoms with Crippen LogP contribution in [0.15, 0.2) is 28.5 Å². The molecule has 1 saturated carbocycles. The predicted molar refractivity (Wildman–Crippen MR) is 74.7 cm³/mol. The number of hydrogen-bond donors (Lipinski definition) is 4. The van der Waals surface area contributed by atoms with Gasteiger partial charge >= 0.3 is 5.69 Å². The lowest BCUT2D eigenvalue weighted by atomic mass is 9.76. The lowest BCUT2D eigenvalue weighted by molar-refractivity contribution is 0.0240. The summed E-state index contributed by atoms with van der Waals surface area (Å²) < 4.78 is 0. The van der Waals surface area contributed by atoms with Crippen molar-refractivity contribution in [1.29, 1.82) is 0 Å². The van der Waals surface area contributed by atoms with Crippen molar-refractivity contribution in [3.63, 3.8) is 0 Å². The van der Waals surface area contributed by atoms with E-state index in [0.29, 0.717) is 12.8 Å². The highest BCUT2D eigenvalue weighted by molar-refractivity contribution is 7.10. The summed E-state index contributed by atoms with van der Waals surface area (Å²) >= 11 is 1.58. The Bertz CT molecular complexity index is 640. The molecule has 1 aliphatic carbocycles. The number of aliphatic hydroxyl groups is 1. The normalized spacial score (nSPS) is 23.1. The van der Waals surface area contributed by atoms with Gasteiger partial charge in [0.1, 0.15) is 5.69 Å². The van der Waals surface area contributed by atoms with Gasteiger partial charge in [0.15, 0.2) is 0 Å². The molecule has 6 nitrogen and oxygen atoms in total. The molecule has 0 radical (unpaired) electrons. The van der Waals surface area contributed by atoms with Crippen LogP contribution in [-0.2, 0) is 0 Å². The molecule has 2 aromatic heterocycles. The third kappa shape index (κ3) is 2.54. The molecular weight excluding hydrogens is 278 g/mol. The highest BCUT2D eigenvalue weighted by atomic mass is 32.1. The van der Waals surface area contributed by atoms with Gasteiger partial charge in [-0.25, -0.2) is 4.79 Å². The molecule has 0 spiro atoms. The Kier molecular flexibility index (Phi) is 3.45. The van der Waals surface area contributed by atoms with E-state index in [0.717, 1.165) is 4.88 Å². The van der Waals surface area contributed by atoms with E-state index in [-0.39, 0.29) is 29.7 Å². The zero-order valence-corrected chi connectivity index (χ0v) is 11.4. The van der Waals surface area contributed by atoms with Gasteiger partial charge in [0.2, 0.25) is 0 Å². The summed E-state index contributed by atoms with van der Waals surface area (Å²) in [4.78, 5) is 29.1. The predicted octanol–water partition coefficient (Wildman–Crippen LogP) is 1.01. The number of aromatic amines is 2. The molecule has 20 heavy (non-hydrogen) atoms. The third-order valence-corrected chi connectivity index (χ3v) is 4.55. The molecule has 0 aliphatic heterocycles. The van der Waals surface area contributed by atoms with Crippen molar-refractivity contribution >= 4 is 17.2 Å². The van der Waals surface area contributed by atoms with Crippen molar-refractivity contribution in [3.05, 3.63) is 44.8 Å². The number of hydrogen-bond acceptors (Lipinski definition) is 4. The van der Waals surface area contributed by atoms with E-state index in [4.69, 9.17) is 0 Å². The molecule has 0 aromatic carbocycles. The van der Waals surface area contributed by atoms with Crippen LogP contribution in [0.25, 0.3) is 0 Å². The average molecular weight is 293 g/mol. The lowest BCUT2D eigenvalue weighted by Crippen LogP contribution is -2.41. The maximum absolute atomic E-state index is 12.1. The van der Waals surface area contributed by atoms with E-state index < -0.39 is 5.69 Å². The van der Waals surface area contributed by atoms with Gasteiger partial charge in [-0.2, -0.15) is 0 Å². The van der Waals surface area contributed by atoms with Gasteiger partial charge < -0.3 is 20.4 Å². The van der Waals surface area contributed by atoms with Gasteiger partial charge in [-0.3, -0.25) is 4.79 Å². The quantitative estimate of drug-likeness (QED) is 0.677. The molecular formula is C13H15N3O3S. The van der Waals surface area contributed by atoms with E-state index in [1.165, 1.54) is 6.20 Å². The monoisotopic (exact) mass is 293 g/mol. The molecule has 1 aliphatic rings. The molecule has 0 saturated heterocycles. The van der Waals surface area contributed by atoms with E-state index in [2.05, 4.69) is 15.3 Å². The van der Waals surface area contributed by atoms with Crippen molar-refractivity contribution in [3.8, 4) is 0 Å².